The fourth-order valence-electron chi connectivity index (χ4n) is 2.28. The van der Waals surface area contributed by atoms with Gasteiger partial charge in [-0.15, -0.1) is 0 Å². The number of amidine groups is 1. The molecule has 1 aliphatic heterocycles. The second kappa shape index (κ2) is 6.45. The molecule has 21 heavy (non-hydrogen) atoms. The summed E-state index contributed by atoms with van der Waals surface area (Å²) in [6.45, 7) is 0.799. The van der Waals surface area contributed by atoms with Crippen LogP contribution in [-0.2, 0) is 4.74 Å². The van der Waals surface area contributed by atoms with E-state index in [-0.39, 0.29) is 11.9 Å². The first-order valence-electron chi connectivity index (χ1n) is 6.48. The van der Waals surface area contributed by atoms with E-state index in [1.807, 2.05) is 0 Å². The van der Waals surface area contributed by atoms with Crippen LogP contribution in [0.15, 0.2) is 18.2 Å². The van der Waals surface area contributed by atoms with Crippen molar-refractivity contribution in [1.29, 1.82) is 5.41 Å². The zero-order chi connectivity index (χ0) is 15.4. The van der Waals surface area contributed by atoms with Crippen LogP contribution in [0, 0.1) is 5.41 Å². The summed E-state index contributed by atoms with van der Waals surface area (Å²) in [5, 5.41) is 10.5. The molecular formula is C14H19N3O4. The van der Waals surface area contributed by atoms with E-state index in [1.54, 1.807) is 44.4 Å². The molecule has 0 radical (unpaired) electrons. The average Bonchev–Trinajstić information content (AvgIpc) is 2.78. The largest absolute Gasteiger partial charge is 0.497 e. The van der Waals surface area contributed by atoms with Crippen LogP contribution < -0.4 is 14.8 Å². The minimum absolute atomic E-state index is 0.131. The van der Waals surface area contributed by atoms with Crippen molar-refractivity contribution >= 4 is 11.9 Å². The fourth-order valence-corrected chi connectivity index (χ4v) is 2.28. The summed E-state index contributed by atoms with van der Waals surface area (Å²) >= 11 is 0. The Bertz CT molecular complexity index is 525. The van der Waals surface area contributed by atoms with Gasteiger partial charge >= 0.3 is 6.03 Å². The Morgan fingerprint density at radius 1 is 1.19 bits per heavy atom. The lowest BCUT2D eigenvalue weighted by molar-refractivity contribution is 0.150. The third-order valence-electron chi connectivity index (χ3n) is 3.31. The maximum absolute atomic E-state index is 11.9. The number of hydrogen-bond donors (Lipinski definition) is 2. The van der Waals surface area contributed by atoms with Crippen molar-refractivity contribution in [1.82, 2.24) is 10.2 Å². The van der Waals surface area contributed by atoms with E-state index in [1.165, 1.54) is 0 Å². The number of nitrogens with zero attached hydrogens (tertiary/aromatic N) is 1. The predicted octanol–water partition coefficient (Wildman–Crippen LogP) is 1.39. The van der Waals surface area contributed by atoms with E-state index >= 15 is 0 Å². The molecule has 114 valence electrons. The zero-order valence-electron chi connectivity index (χ0n) is 12.3. The van der Waals surface area contributed by atoms with Crippen LogP contribution in [0.4, 0.5) is 4.79 Å². The summed E-state index contributed by atoms with van der Waals surface area (Å²) in [4.78, 5) is 13.5. The maximum atomic E-state index is 11.9. The molecule has 0 bridgehead atoms. The van der Waals surface area contributed by atoms with Gasteiger partial charge < -0.3 is 19.1 Å². The van der Waals surface area contributed by atoms with Crippen molar-refractivity contribution in [3.63, 3.8) is 0 Å². The highest BCUT2D eigenvalue weighted by atomic mass is 16.5. The molecule has 0 aromatic heterocycles. The highest BCUT2D eigenvalue weighted by Crippen LogP contribution is 2.32. The summed E-state index contributed by atoms with van der Waals surface area (Å²) in [6.07, 6.45) is 0. The predicted molar refractivity (Wildman–Crippen MR) is 77.1 cm³/mol. The second-order valence-electron chi connectivity index (χ2n) is 4.58. The Balaban J connectivity index is 2.37. The van der Waals surface area contributed by atoms with E-state index in [2.05, 4.69) is 5.32 Å². The molecule has 1 atom stereocenters. The van der Waals surface area contributed by atoms with Gasteiger partial charge in [-0.1, -0.05) is 0 Å². The number of benzene rings is 1. The minimum Gasteiger partial charge on any atom is -0.497 e. The fraction of sp³-hybridized carbons (Fsp3) is 0.429. The lowest BCUT2D eigenvalue weighted by Crippen LogP contribution is -2.32. The van der Waals surface area contributed by atoms with E-state index in [4.69, 9.17) is 19.6 Å². The van der Waals surface area contributed by atoms with Crippen molar-refractivity contribution in [2.24, 2.45) is 0 Å². The van der Waals surface area contributed by atoms with Crippen LogP contribution in [0.25, 0.3) is 0 Å². The summed E-state index contributed by atoms with van der Waals surface area (Å²) in [5.41, 5.74) is 0.755. The summed E-state index contributed by atoms with van der Waals surface area (Å²) in [7, 11) is 4.69. The minimum atomic E-state index is -0.489. The smallest absolute Gasteiger partial charge is 0.323 e. The normalized spacial score (nSPS) is 17.9. The summed E-state index contributed by atoms with van der Waals surface area (Å²) in [6, 6.07) is 4.54. The first-order chi connectivity index (χ1) is 10.1. The standard InChI is InChI=1S/C14H19N3O4/c1-19-5-4-17-12(13(15)16-14(17)18)9-6-10(20-2)8-11(7-9)21-3/h6-8,12H,4-5H2,1-3H3,(H2,15,16,18). The number of carbonyl (C=O) groups excluding carboxylic acids is 1. The monoisotopic (exact) mass is 293 g/mol. The molecule has 7 nitrogen and oxygen atoms in total. The number of methoxy groups -OCH3 is 3. The Hall–Kier alpha value is -2.28. The van der Waals surface area contributed by atoms with Gasteiger partial charge in [0, 0.05) is 19.7 Å². The molecule has 1 heterocycles. The first kappa shape index (κ1) is 15.1. The molecule has 1 aromatic carbocycles. The molecule has 7 heteroatoms. The highest BCUT2D eigenvalue weighted by Gasteiger charge is 2.36. The molecule has 1 unspecified atom stereocenters. The SMILES string of the molecule is COCCN1C(=O)NC(=N)C1c1cc(OC)cc(OC)c1. The second-order valence-corrected chi connectivity index (χ2v) is 4.58. The Labute approximate surface area is 123 Å². The third kappa shape index (κ3) is 3.08. The Morgan fingerprint density at radius 2 is 1.81 bits per heavy atom. The number of hydrogen-bond acceptors (Lipinski definition) is 5. The quantitative estimate of drug-likeness (QED) is 0.830. The van der Waals surface area contributed by atoms with Crippen LogP contribution in [0.5, 0.6) is 11.5 Å². The van der Waals surface area contributed by atoms with E-state index < -0.39 is 6.04 Å². The molecule has 1 aliphatic rings. The van der Waals surface area contributed by atoms with E-state index in [0.29, 0.717) is 24.7 Å². The van der Waals surface area contributed by atoms with Crippen LogP contribution in [0.1, 0.15) is 11.6 Å². The van der Waals surface area contributed by atoms with Gasteiger partial charge in [0.25, 0.3) is 0 Å². The molecule has 1 saturated heterocycles. The van der Waals surface area contributed by atoms with Crippen molar-refractivity contribution < 1.29 is 19.0 Å². The number of urea groups is 1. The van der Waals surface area contributed by atoms with E-state index in [9.17, 15) is 4.79 Å². The van der Waals surface area contributed by atoms with Gasteiger partial charge in [0.05, 0.1) is 20.8 Å². The third-order valence-corrected chi connectivity index (χ3v) is 3.31. The Morgan fingerprint density at radius 3 is 2.33 bits per heavy atom. The van der Waals surface area contributed by atoms with Crippen LogP contribution >= 0.6 is 0 Å². The lowest BCUT2D eigenvalue weighted by Gasteiger charge is -2.23. The van der Waals surface area contributed by atoms with Gasteiger partial charge in [0.2, 0.25) is 0 Å². The molecule has 2 rings (SSSR count). The molecule has 0 spiro atoms. The number of amides is 2. The van der Waals surface area contributed by atoms with Gasteiger partial charge in [0.1, 0.15) is 23.4 Å². The van der Waals surface area contributed by atoms with Gasteiger partial charge in [-0.2, -0.15) is 0 Å². The van der Waals surface area contributed by atoms with Gasteiger partial charge in [-0.3, -0.25) is 10.7 Å². The lowest BCUT2D eigenvalue weighted by atomic mass is 10.0. The van der Waals surface area contributed by atoms with Crippen LogP contribution in [-0.4, -0.2) is 51.2 Å². The number of carbonyl (C=O) groups is 1. The van der Waals surface area contributed by atoms with Crippen molar-refractivity contribution in [2.45, 2.75) is 6.04 Å². The summed E-state index contributed by atoms with van der Waals surface area (Å²) in [5.74, 6) is 1.36. The average molecular weight is 293 g/mol. The molecule has 2 N–H and O–H groups in total. The highest BCUT2D eigenvalue weighted by molar-refractivity contribution is 6.06. The number of rotatable bonds is 6. The number of ether oxygens (including phenoxy) is 3. The van der Waals surface area contributed by atoms with Crippen LogP contribution in [0.2, 0.25) is 0 Å². The van der Waals surface area contributed by atoms with Crippen LogP contribution in [0.3, 0.4) is 0 Å². The first-order valence-corrected chi connectivity index (χ1v) is 6.48. The van der Waals surface area contributed by atoms with Gasteiger partial charge in [-0.25, -0.2) is 4.79 Å². The van der Waals surface area contributed by atoms with Gasteiger partial charge in [0.15, 0.2) is 0 Å². The zero-order valence-corrected chi connectivity index (χ0v) is 12.3. The maximum Gasteiger partial charge on any atom is 0.323 e. The topological polar surface area (TPSA) is 83.9 Å². The van der Waals surface area contributed by atoms with Crippen molar-refractivity contribution in [3.8, 4) is 11.5 Å². The Kier molecular flexibility index (Phi) is 4.64. The van der Waals surface area contributed by atoms with Gasteiger partial charge in [-0.05, 0) is 17.7 Å². The molecular weight excluding hydrogens is 274 g/mol. The molecule has 1 aromatic rings. The number of nitrogens with one attached hydrogen (secondary N) is 2. The van der Waals surface area contributed by atoms with E-state index in [0.717, 1.165) is 5.56 Å². The molecule has 0 saturated carbocycles. The van der Waals surface area contributed by atoms with Crippen molar-refractivity contribution in [2.75, 3.05) is 34.5 Å². The van der Waals surface area contributed by atoms with Crippen molar-refractivity contribution in [3.05, 3.63) is 23.8 Å². The molecule has 2 amide bonds. The molecule has 1 fully saturated rings. The molecule has 0 aliphatic carbocycles. The summed E-state index contributed by atoms with van der Waals surface area (Å²) < 4.78 is 15.5.